The van der Waals surface area contributed by atoms with Crippen molar-refractivity contribution in [3.05, 3.63) is 53.4 Å². The van der Waals surface area contributed by atoms with Gasteiger partial charge in [-0.1, -0.05) is 29.4 Å². The Labute approximate surface area is 131 Å². The number of benzene rings is 1. The van der Waals surface area contributed by atoms with Gasteiger partial charge in [-0.15, -0.1) is 0 Å². The van der Waals surface area contributed by atoms with E-state index in [1.54, 1.807) is 12.3 Å². The van der Waals surface area contributed by atoms with Crippen LogP contribution in [0.15, 0.2) is 41.1 Å². The minimum absolute atomic E-state index is 0.0248. The Bertz CT molecular complexity index is 594. The Kier molecular flexibility index (Phi) is 5.72. The van der Waals surface area contributed by atoms with Gasteiger partial charge in [-0.3, -0.25) is 4.79 Å². The summed E-state index contributed by atoms with van der Waals surface area (Å²) in [6.07, 6.45) is 2.57. The average Bonchev–Trinajstić information content (AvgIpc) is 3.00. The molecule has 1 heterocycles. The first-order valence-corrected chi connectivity index (χ1v) is 7.46. The van der Waals surface area contributed by atoms with Crippen LogP contribution < -0.4 is 5.32 Å². The molecule has 0 fully saturated rings. The van der Waals surface area contributed by atoms with Gasteiger partial charge in [0, 0.05) is 25.5 Å². The topological polar surface area (TPSA) is 58.4 Å². The second-order valence-electron chi connectivity index (χ2n) is 5.62. The molecule has 5 heteroatoms. The van der Waals surface area contributed by atoms with Crippen molar-refractivity contribution in [2.75, 3.05) is 20.6 Å². The summed E-state index contributed by atoms with van der Waals surface area (Å²) < 4.78 is 4.99. The second kappa shape index (κ2) is 7.75. The Morgan fingerprint density at radius 3 is 2.73 bits per heavy atom. The summed E-state index contributed by atoms with van der Waals surface area (Å²) in [4.78, 5) is 14.1. The molecule has 5 nitrogen and oxygen atoms in total. The van der Waals surface area contributed by atoms with Gasteiger partial charge in [-0.05, 0) is 32.1 Å². The van der Waals surface area contributed by atoms with Crippen molar-refractivity contribution in [3.8, 4) is 0 Å². The highest BCUT2D eigenvalue weighted by atomic mass is 16.5. The van der Waals surface area contributed by atoms with Crippen LogP contribution in [-0.4, -0.2) is 36.6 Å². The van der Waals surface area contributed by atoms with Crippen molar-refractivity contribution >= 4 is 5.91 Å². The lowest BCUT2D eigenvalue weighted by Crippen LogP contribution is -2.35. The first-order valence-electron chi connectivity index (χ1n) is 7.46. The molecule has 118 valence electrons. The summed E-state index contributed by atoms with van der Waals surface area (Å²) in [5.74, 6) is 0.759. The van der Waals surface area contributed by atoms with E-state index in [0.717, 1.165) is 5.76 Å². The molecule has 1 amide bonds. The van der Waals surface area contributed by atoms with E-state index < -0.39 is 0 Å². The summed E-state index contributed by atoms with van der Waals surface area (Å²) >= 11 is 0. The number of aryl methyl sites for hydroxylation is 2. The molecule has 1 aromatic carbocycles. The van der Waals surface area contributed by atoms with Gasteiger partial charge >= 0.3 is 0 Å². The predicted octanol–water partition coefficient (Wildman–Crippen LogP) is 2.33. The van der Waals surface area contributed by atoms with Gasteiger partial charge in [0.1, 0.15) is 5.76 Å². The van der Waals surface area contributed by atoms with Crippen LogP contribution in [-0.2, 0) is 11.2 Å². The largest absolute Gasteiger partial charge is 0.361 e. The first kappa shape index (κ1) is 16.2. The molecular formula is C17H23N3O2. The molecule has 1 N–H and O–H groups in total. The van der Waals surface area contributed by atoms with Crippen LogP contribution in [0.3, 0.4) is 0 Å². The van der Waals surface area contributed by atoms with E-state index in [-0.39, 0.29) is 11.9 Å². The van der Waals surface area contributed by atoms with Crippen LogP contribution >= 0.6 is 0 Å². The fourth-order valence-electron chi connectivity index (χ4n) is 2.44. The van der Waals surface area contributed by atoms with E-state index in [1.807, 2.05) is 26.2 Å². The SMILES string of the molecule is Cc1ccccc1C(CNC(=O)CCc1ccno1)N(C)C. The number of likely N-dealkylation sites (N-methyl/N-ethyl adjacent to an activating group) is 1. The lowest BCUT2D eigenvalue weighted by atomic mass is 10.0. The molecule has 1 aromatic heterocycles. The molecule has 0 radical (unpaired) electrons. The van der Waals surface area contributed by atoms with Crippen LogP contribution in [0, 0.1) is 6.92 Å². The minimum atomic E-state index is 0.0248. The highest BCUT2D eigenvalue weighted by Crippen LogP contribution is 2.20. The third kappa shape index (κ3) is 4.43. The van der Waals surface area contributed by atoms with Crippen LogP contribution in [0.5, 0.6) is 0 Å². The molecule has 22 heavy (non-hydrogen) atoms. The highest BCUT2D eigenvalue weighted by Gasteiger charge is 2.17. The number of carbonyl (C=O) groups excluding carboxylic acids is 1. The standard InChI is InChI=1S/C17H23N3O2/c1-13-6-4-5-7-15(13)16(20(2)3)12-18-17(21)9-8-14-10-11-19-22-14/h4-7,10-11,16H,8-9,12H2,1-3H3,(H,18,21). The second-order valence-corrected chi connectivity index (χ2v) is 5.62. The summed E-state index contributed by atoms with van der Waals surface area (Å²) in [5.41, 5.74) is 2.47. The Morgan fingerprint density at radius 1 is 1.32 bits per heavy atom. The Hall–Kier alpha value is -2.14. The zero-order valence-electron chi connectivity index (χ0n) is 13.4. The molecule has 0 spiro atoms. The predicted molar refractivity (Wildman–Crippen MR) is 85.4 cm³/mol. The highest BCUT2D eigenvalue weighted by molar-refractivity contribution is 5.76. The van der Waals surface area contributed by atoms with Crippen molar-refractivity contribution in [1.29, 1.82) is 0 Å². The van der Waals surface area contributed by atoms with E-state index in [0.29, 0.717) is 19.4 Å². The number of amides is 1. The van der Waals surface area contributed by atoms with Gasteiger partial charge in [0.15, 0.2) is 0 Å². The molecule has 0 aliphatic rings. The molecule has 1 atom stereocenters. The first-order chi connectivity index (χ1) is 10.6. The van der Waals surface area contributed by atoms with Crippen molar-refractivity contribution in [3.63, 3.8) is 0 Å². The smallest absolute Gasteiger partial charge is 0.220 e. The number of rotatable bonds is 7. The Morgan fingerprint density at radius 2 is 2.09 bits per heavy atom. The molecule has 2 aromatic rings. The summed E-state index contributed by atoms with van der Waals surface area (Å²) in [6, 6.07) is 10.2. The van der Waals surface area contributed by atoms with Gasteiger partial charge < -0.3 is 14.7 Å². The summed E-state index contributed by atoms with van der Waals surface area (Å²) in [6.45, 7) is 2.69. The lowest BCUT2D eigenvalue weighted by Gasteiger charge is -2.26. The van der Waals surface area contributed by atoms with Gasteiger partial charge in [0.05, 0.1) is 12.2 Å². The van der Waals surface area contributed by atoms with Gasteiger partial charge in [-0.2, -0.15) is 0 Å². The summed E-state index contributed by atoms with van der Waals surface area (Å²) in [5, 5.41) is 6.64. The zero-order chi connectivity index (χ0) is 15.9. The van der Waals surface area contributed by atoms with Crippen LogP contribution in [0.1, 0.15) is 29.3 Å². The van der Waals surface area contributed by atoms with Crippen molar-refractivity contribution in [1.82, 2.24) is 15.4 Å². The molecule has 0 aliphatic heterocycles. The zero-order valence-corrected chi connectivity index (χ0v) is 13.4. The number of carbonyl (C=O) groups is 1. The van der Waals surface area contributed by atoms with Crippen LogP contribution in [0.4, 0.5) is 0 Å². The van der Waals surface area contributed by atoms with E-state index in [1.165, 1.54) is 11.1 Å². The molecule has 0 saturated heterocycles. The number of hydrogen-bond donors (Lipinski definition) is 1. The van der Waals surface area contributed by atoms with Crippen LogP contribution in [0.2, 0.25) is 0 Å². The molecule has 0 bridgehead atoms. The number of nitrogens with one attached hydrogen (secondary N) is 1. The van der Waals surface area contributed by atoms with E-state index in [2.05, 4.69) is 34.4 Å². The molecule has 2 rings (SSSR count). The van der Waals surface area contributed by atoms with Crippen molar-refractivity contribution in [2.45, 2.75) is 25.8 Å². The van der Waals surface area contributed by atoms with Crippen molar-refractivity contribution in [2.24, 2.45) is 0 Å². The number of aromatic nitrogens is 1. The lowest BCUT2D eigenvalue weighted by molar-refractivity contribution is -0.121. The molecule has 0 aliphatic carbocycles. The normalized spacial score (nSPS) is 12.4. The maximum atomic E-state index is 12.0. The number of hydrogen-bond acceptors (Lipinski definition) is 4. The number of nitrogens with zero attached hydrogens (tertiary/aromatic N) is 2. The summed E-state index contributed by atoms with van der Waals surface area (Å²) in [7, 11) is 4.05. The molecular weight excluding hydrogens is 278 g/mol. The van der Waals surface area contributed by atoms with Gasteiger partial charge in [0.25, 0.3) is 0 Å². The fourth-order valence-corrected chi connectivity index (χ4v) is 2.44. The maximum Gasteiger partial charge on any atom is 0.220 e. The van der Waals surface area contributed by atoms with Crippen LogP contribution in [0.25, 0.3) is 0 Å². The quantitative estimate of drug-likeness (QED) is 0.853. The fraction of sp³-hybridized carbons (Fsp3) is 0.412. The van der Waals surface area contributed by atoms with E-state index >= 15 is 0 Å². The third-order valence-electron chi connectivity index (χ3n) is 3.75. The monoisotopic (exact) mass is 301 g/mol. The molecule has 1 unspecified atom stereocenters. The van der Waals surface area contributed by atoms with E-state index in [4.69, 9.17) is 4.52 Å². The maximum absolute atomic E-state index is 12.0. The van der Waals surface area contributed by atoms with Gasteiger partial charge in [0.2, 0.25) is 5.91 Å². The Balaban J connectivity index is 1.89. The van der Waals surface area contributed by atoms with Gasteiger partial charge in [-0.25, -0.2) is 0 Å². The molecule has 0 saturated carbocycles. The average molecular weight is 301 g/mol. The van der Waals surface area contributed by atoms with E-state index in [9.17, 15) is 4.79 Å². The van der Waals surface area contributed by atoms with Crippen molar-refractivity contribution < 1.29 is 9.32 Å². The minimum Gasteiger partial charge on any atom is -0.361 e. The third-order valence-corrected chi connectivity index (χ3v) is 3.75.